The van der Waals surface area contributed by atoms with E-state index >= 15 is 0 Å². The number of benzene rings is 10. The molecule has 10 aromatic carbocycles. The van der Waals surface area contributed by atoms with Crippen LogP contribution in [0.1, 0.15) is 201 Å². The first-order chi connectivity index (χ1) is 62.8. The molecule has 0 fully saturated rings. The van der Waals surface area contributed by atoms with Gasteiger partial charge >= 0.3 is 0 Å². The van der Waals surface area contributed by atoms with Gasteiger partial charge in [0.1, 0.15) is 77.3 Å². The molecule has 0 bridgehead atoms. The molecule has 0 N–H and O–H groups in total. The van der Waals surface area contributed by atoms with E-state index in [0.717, 1.165) is 110 Å². The van der Waals surface area contributed by atoms with Gasteiger partial charge in [-0.3, -0.25) is 0 Å². The molecule has 1 aliphatic carbocycles. The summed E-state index contributed by atoms with van der Waals surface area (Å²) in [6.45, 7) is 46.1. The Bertz CT molecular complexity index is 4330. The van der Waals surface area contributed by atoms with Crippen molar-refractivity contribution in [3.05, 3.63) is 320 Å². The van der Waals surface area contributed by atoms with Crippen LogP contribution in [-0.4, -0.2) is 129 Å². The number of hydrogen-bond donors (Lipinski definition) is 0. The van der Waals surface area contributed by atoms with Gasteiger partial charge in [0.05, 0.1) is 85.9 Å². The Kier molecular flexibility index (Phi) is 51.7. The minimum absolute atomic E-state index is 0.00147. The lowest BCUT2D eigenvalue weighted by atomic mass is 9.71. The molecule has 0 amide bonds. The van der Waals surface area contributed by atoms with Crippen LogP contribution in [0.15, 0.2) is 236 Å². The van der Waals surface area contributed by atoms with Crippen LogP contribution in [0.5, 0.6) is 57.5 Å². The fraction of sp³-hybridized carbons (Fsp3) is 0.439. The molecule has 0 aliphatic heterocycles. The molecule has 10 aromatic rings. The van der Waals surface area contributed by atoms with Gasteiger partial charge in [-0.15, -0.1) is 0 Å². The number of ether oxygens (including phenoxy) is 16. The normalized spacial score (nSPS) is 12.0. The molecule has 0 saturated heterocycles. The van der Waals surface area contributed by atoms with Gasteiger partial charge in [0, 0.05) is 77.1 Å². The van der Waals surface area contributed by atoms with E-state index in [1.165, 1.54) is 59.1 Å². The molecule has 130 heavy (non-hydrogen) atoms. The molecule has 11 rings (SSSR count). The number of allylic oxidation sites excluding steroid dienone is 2. The minimum Gasteiger partial charge on any atom is -0.497 e. The van der Waals surface area contributed by atoms with E-state index in [-0.39, 0.29) is 16.9 Å². The molecular weight excluding hydrogens is 1630 g/mol. The molecule has 1 aliphatic rings. The van der Waals surface area contributed by atoms with Gasteiger partial charge in [-0.25, -0.2) is 0 Å². The lowest BCUT2D eigenvalue weighted by molar-refractivity contribution is -0.0266. The highest BCUT2D eigenvalue weighted by molar-refractivity contribution is 5.53. The Morgan fingerprint density at radius 1 is 0.285 bits per heavy atom. The number of hydrogen-bond acceptors (Lipinski definition) is 16. The van der Waals surface area contributed by atoms with Crippen molar-refractivity contribution in [2.75, 3.05) is 122 Å². The Morgan fingerprint density at radius 2 is 0.569 bits per heavy atom. The van der Waals surface area contributed by atoms with Crippen LogP contribution >= 0.6 is 0 Å². The van der Waals surface area contributed by atoms with Gasteiger partial charge in [-0.2, -0.15) is 0 Å². The molecule has 708 valence electrons. The van der Waals surface area contributed by atoms with Crippen molar-refractivity contribution in [3.8, 4) is 57.5 Å². The maximum atomic E-state index is 6.30. The monoisotopic (exact) mass is 1780 g/mol. The first kappa shape index (κ1) is 110. The Labute approximate surface area is 782 Å². The molecule has 0 heterocycles. The van der Waals surface area contributed by atoms with E-state index in [1.807, 2.05) is 145 Å². The van der Waals surface area contributed by atoms with Crippen LogP contribution in [0, 0.1) is 19.3 Å². The van der Waals surface area contributed by atoms with E-state index in [1.54, 1.807) is 72.0 Å². The average molecular weight is 1780 g/mol. The highest BCUT2D eigenvalue weighted by Gasteiger charge is 2.32. The summed E-state index contributed by atoms with van der Waals surface area (Å²) in [5.74, 6) is 7.71. The molecule has 0 saturated carbocycles. The molecule has 1 atom stereocenters. The maximum Gasteiger partial charge on any atom is 0.123 e. The topological polar surface area (TPSA) is 148 Å². The molecule has 1 unspecified atom stereocenters. The maximum absolute atomic E-state index is 6.30. The summed E-state index contributed by atoms with van der Waals surface area (Å²) < 4.78 is 88.6. The highest BCUT2D eigenvalue weighted by atomic mass is 16.5. The standard InChI is InChI=1S/C53H60O9.C17H22O2.C14H22.C10H14.C8H18O3.C8H10.C4H10O2/c1-8-54-47-26-38(27-48(32-47)55-9-2)35-60-44-20-14-41(15-21-44)53(7,42-16-22-45(23-17-42)61-36-39-28-49(56-10-3)33-50(29-39)57-11-4)43-18-24-46(25-19-43)62-37-40-30-51(58-12-5)34-52(31-40)59-13-6;1-17(2,13-5-9-15(18-3)10-6-13)14-7-11-16(19-4)12-8-14;1-5-11-9-13(7-3)14(8-4)10-12(11)6-2;1-3-9-5-7-10(4-2)8-6-9;1-8(5-9-2,6-10-3)7-11-4;1-7-3-5-8(2)6-4-7;1-5-3-4-6-2/h14-34H,8-13,35-37H2,1-7H3;5-11,16H,12H2,1-4H3;9-10H,5-8H2,1-4H3;5-8H,3-4H2,1-2H3;5-7H2,1-4H3;3-6H,1-2H3;3-4H2,1-2H3. The van der Waals surface area contributed by atoms with Crippen LogP contribution in [-0.2, 0) is 97.6 Å². The lowest BCUT2D eigenvalue weighted by Crippen LogP contribution is -2.32. The zero-order valence-electron chi connectivity index (χ0n) is 83.4. The van der Waals surface area contributed by atoms with Gasteiger partial charge < -0.3 is 75.8 Å². The van der Waals surface area contributed by atoms with Crippen LogP contribution in [0.3, 0.4) is 0 Å². The van der Waals surface area contributed by atoms with Crippen molar-refractivity contribution < 1.29 is 75.8 Å². The van der Waals surface area contributed by atoms with E-state index in [9.17, 15) is 0 Å². The predicted molar refractivity (Wildman–Crippen MR) is 535 cm³/mol. The smallest absolute Gasteiger partial charge is 0.123 e. The SMILES string of the molecule is CCOc1cc(COc2ccc(C(C)(c3ccc(OCc4cc(OCC)cc(OCC)c4)cc3)c3ccc(OCc4cc(OCC)cc(OCC)c4)cc3)cc2)cc(OCC)c1.CCc1cc(CC)c(CC)cc1CC.CCc1ccc(CC)cc1.COCC(C)(COC)COC.COCCOC.COc1ccc(C(C)(C)C2=CCC(OC)C=C2)cc1.Cc1ccc(C)cc1. The van der Waals surface area contributed by atoms with Gasteiger partial charge in [-0.1, -0.05) is 201 Å². The summed E-state index contributed by atoms with van der Waals surface area (Å²) in [5.41, 5.74) is 19.9. The van der Waals surface area contributed by atoms with Crippen molar-refractivity contribution in [3.63, 3.8) is 0 Å². The summed E-state index contributed by atoms with van der Waals surface area (Å²) in [6, 6.07) is 73.1. The Morgan fingerprint density at radius 3 is 0.800 bits per heavy atom. The van der Waals surface area contributed by atoms with E-state index in [0.29, 0.717) is 92.5 Å². The second-order valence-electron chi connectivity index (χ2n) is 32.6. The fourth-order valence-corrected chi connectivity index (χ4v) is 14.8. The quantitative estimate of drug-likeness (QED) is 0.0263. The molecule has 0 aromatic heterocycles. The fourth-order valence-electron chi connectivity index (χ4n) is 14.8. The molecule has 0 radical (unpaired) electrons. The van der Waals surface area contributed by atoms with Crippen LogP contribution in [0.2, 0.25) is 0 Å². The third kappa shape index (κ3) is 37.7. The van der Waals surface area contributed by atoms with Crippen molar-refractivity contribution in [2.45, 2.75) is 206 Å². The molecule has 0 spiro atoms. The number of methoxy groups -OCH3 is 7. The molecule has 16 nitrogen and oxygen atoms in total. The predicted octanol–water partition coefficient (Wildman–Crippen LogP) is 26.3. The summed E-state index contributed by atoms with van der Waals surface area (Å²) in [4.78, 5) is 0. The second kappa shape index (κ2) is 61.2. The molecular formula is C114H156O16. The number of rotatable bonds is 43. The van der Waals surface area contributed by atoms with Crippen molar-refractivity contribution in [1.29, 1.82) is 0 Å². The zero-order valence-corrected chi connectivity index (χ0v) is 83.4. The van der Waals surface area contributed by atoms with Gasteiger partial charge in [-0.05, 0) is 270 Å². The average Bonchev–Trinajstić information content (AvgIpc) is 0.725. The minimum atomic E-state index is -0.551. The van der Waals surface area contributed by atoms with Crippen LogP contribution < -0.4 is 47.4 Å². The van der Waals surface area contributed by atoms with E-state index in [4.69, 9.17) is 66.3 Å². The van der Waals surface area contributed by atoms with Crippen LogP contribution in [0.4, 0.5) is 0 Å². The third-order valence-electron chi connectivity index (χ3n) is 22.2. The van der Waals surface area contributed by atoms with E-state index < -0.39 is 5.41 Å². The van der Waals surface area contributed by atoms with Crippen molar-refractivity contribution >= 4 is 0 Å². The Hall–Kier alpha value is -10.6. The summed E-state index contributed by atoms with van der Waals surface area (Å²) in [6.07, 6.45) is 14.7. The zero-order chi connectivity index (χ0) is 95.1. The largest absolute Gasteiger partial charge is 0.497 e. The summed E-state index contributed by atoms with van der Waals surface area (Å²) in [5, 5.41) is 0. The van der Waals surface area contributed by atoms with Crippen molar-refractivity contribution in [2.24, 2.45) is 5.41 Å². The van der Waals surface area contributed by atoms with Crippen molar-refractivity contribution in [1.82, 2.24) is 0 Å². The van der Waals surface area contributed by atoms with Gasteiger partial charge in [0.2, 0.25) is 0 Å². The molecule has 16 heteroatoms. The lowest BCUT2D eigenvalue weighted by Gasteiger charge is -2.32. The van der Waals surface area contributed by atoms with Gasteiger partial charge in [0.15, 0.2) is 0 Å². The van der Waals surface area contributed by atoms with Gasteiger partial charge in [0.25, 0.3) is 0 Å². The first-order valence-corrected chi connectivity index (χ1v) is 46.5. The summed E-state index contributed by atoms with van der Waals surface area (Å²) >= 11 is 0. The second-order valence-corrected chi connectivity index (χ2v) is 32.6. The first-order valence-electron chi connectivity index (χ1n) is 46.5. The third-order valence-corrected chi connectivity index (χ3v) is 22.2. The Balaban J connectivity index is 0.000000348. The highest BCUT2D eigenvalue weighted by Crippen LogP contribution is 2.42. The summed E-state index contributed by atoms with van der Waals surface area (Å²) in [7, 11) is 11.8. The number of aryl methyl sites for hydroxylation is 8. The van der Waals surface area contributed by atoms with E-state index in [2.05, 4.69) is 220 Å². The van der Waals surface area contributed by atoms with Crippen LogP contribution in [0.25, 0.3) is 0 Å².